The Bertz CT molecular complexity index is 774. The van der Waals surface area contributed by atoms with Crippen molar-refractivity contribution in [2.24, 2.45) is 0 Å². The number of piperazine rings is 1. The first kappa shape index (κ1) is 17.9. The zero-order valence-corrected chi connectivity index (χ0v) is 15.2. The zero-order valence-electron chi connectivity index (χ0n) is 15.2. The summed E-state index contributed by atoms with van der Waals surface area (Å²) in [5.74, 6) is 0.696. The van der Waals surface area contributed by atoms with Crippen LogP contribution in [0.2, 0.25) is 0 Å². The number of amides is 2. The van der Waals surface area contributed by atoms with Crippen LogP contribution in [0.4, 0.5) is 5.82 Å². The molecule has 0 spiro atoms. The second-order valence-corrected chi connectivity index (χ2v) is 7.22. The van der Waals surface area contributed by atoms with Gasteiger partial charge in [0.05, 0.1) is 6.26 Å². The van der Waals surface area contributed by atoms with Gasteiger partial charge in [-0.2, -0.15) is 0 Å². The number of rotatable bonds is 3. The highest BCUT2D eigenvalue weighted by molar-refractivity contribution is 5.93. The molecule has 0 bridgehead atoms. The molecular weight excluding hydrogens is 334 g/mol. The van der Waals surface area contributed by atoms with E-state index in [0.29, 0.717) is 43.5 Å². The number of hydrogen-bond donors (Lipinski definition) is 1. The van der Waals surface area contributed by atoms with E-state index >= 15 is 0 Å². The predicted octanol–water partition coefficient (Wildman–Crippen LogP) is 1.56. The van der Waals surface area contributed by atoms with Crippen LogP contribution in [0.15, 0.2) is 35.2 Å². The molecule has 2 aromatic heterocycles. The largest absolute Gasteiger partial charge is 0.459 e. The summed E-state index contributed by atoms with van der Waals surface area (Å²) in [5.41, 5.74) is -0.000876. The summed E-state index contributed by atoms with van der Waals surface area (Å²) in [6.07, 6.45) is 2.89. The minimum absolute atomic E-state index is 0.109. The van der Waals surface area contributed by atoms with Crippen LogP contribution < -0.4 is 10.2 Å². The molecule has 1 saturated heterocycles. The van der Waals surface area contributed by atoms with E-state index in [0.717, 1.165) is 0 Å². The van der Waals surface area contributed by atoms with Gasteiger partial charge >= 0.3 is 0 Å². The highest BCUT2D eigenvalue weighted by Gasteiger charge is 2.25. The van der Waals surface area contributed by atoms with Crippen LogP contribution in [0.25, 0.3) is 0 Å². The Hall–Kier alpha value is -2.90. The van der Waals surface area contributed by atoms with E-state index in [9.17, 15) is 9.59 Å². The molecule has 2 aromatic rings. The van der Waals surface area contributed by atoms with E-state index in [-0.39, 0.29) is 17.4 Å². The second-order valence-electron chi connectivity index (χ2n) is 7.22. The first-order chi connectivity index (χ1) is 12.3. The van der Waals surface area contributed by atoms with Gasteiger partial charge in [-0.05, 0) is 32.9 Å². The van der Waals surface area contributed by atoms with Crippen molar-refractivity contribution in [3.8, 4) is 0 Å². The summed E-state index contributed by atoms with van der Waals surface area (Å²) in [6.45, 7) is 8.14. The average molecular weight is 357 g/mol. The number of anilines is 1. The zero-order chi connectivity index (χ0) is 18.7. The van der Waals surface area contributed by atoms with Gasteiger partial charge in [-0.15, -0.1) is 0 Å². The van der Waals surface area contributed by atoms with Crippen LogP contribution in [-0.2, 0) is 0 Å². The Morgan fingerprint density at radius 3 is 2.50 bits per heavy atom. The van der Waals surface area contributed by atoms with Gasteiger partial charge in [-0.3, -0.25) is 9.59 Å². The first-order valence-electron chi connectivity index (χ1n) is 8.56. The Morgan fingerprint density at radius 1 is 1.15 bits per heavy atom. The van der Waals surface area contributed by atoms with Crippen LogP contribution in [-0.4, -0.2) is 58.4 Å². The molecule has 0 atom stereocenters. The molecule has 1 aliphatic heterocycles. The third kappa shape index (κ3) is 4.19. The fourth-order valence-electron chi connectivity index (χ4n) is 2.74. The molecule has 2 amide bonds. The van der Waals surface area contributed by atoms with Crippen molar-refractivity contribution < 1.29 is 14.0 Å². The van der Waals surface area contributed by atoms with Crippen LogP contribution in [0.5, 0.6) is 0 Å². The number of aromatic nitrogens is 2. The van der Waals surface area contributed by atoms with Gasteiger partial charge in [0.25, 0.3) is 11.8 Å². The monoisotopic (exact) mass is 357 g/mol. The summed E-state index contributed by atoms with van der Waals surface area (Å²) in [4.78, 5) is 36.7. The summed E-state index contributed by atoms with van der Waals surface area (Å²) >= 11 is 0. The Morgan fingerprint density at radius 2 is 1.88 bits per heavy atom. The molecule has 1 aliphatic rings. The lowest BCUT2D eigenvalue weighted by molar-refractivity contribution is 0.0714. The summed E-state index contributed by atoms with van der Waals surface area (Å²) < 4.78 is 5.17. The highest BCUT2D eigenvalue weighted by Crippen LogP contribution is 2.16. The van der Waals surface area contributed by atoms with Crippen LogP contribution in [0, 0.1) is 0 Å². The van der Waals surface area contributed by atoms with Gasteiger partial charge in [-0.25, -0.2) is 9.97 Å². The molecule has 26 heavy (non-hydrogen) atoms. The number of hydrogen-bond acceptors (Lipinski definition) is 6. The Balaban J connectivity index is 1.63. The van der Waals surface area contributed by atoms with Crippen molar-refractivity contribution in [2.45, 2.75) is 26.3 Å². The van der Waals surface area contributed by atoms with E-state index in [4.69, 9.17) is 4.42 Å². The summed E-state index contributed by atoms with van der Waals surface area (Å²) in [7, 11) is 0. The summed E-state index contributed by atoms with van der Waals surface area (Å²) in [5, 5.41) is 2.89. The molecular formula is C18H23N5O3. The lowest BCUT2D eigenvalue weighted by atomic mass is 10.1. The molecule has 3 heterocycles. The normalized spacial score (nSPS) is 15.0. The average Bonchev–Trinajstić information content (AvgIpc) is 3.14. The third-order valence-corrected chi connectivity index (χ3v) is 4.00. The second kappa shape index (κ2) is 7.15. The van der Waals surface area contributed by atoms with E-state index in [1.807, 2.05) is 25.7 Å². The number of carbonyl (C=O) groups excluding carboxylic acids is 2. The predicted molar refractivity (Wildman–Crippen MR) is 96.1 cm³/mol. The molecule has 0 aliphatic carbocycles. The number of carbonyl (C=O) groups is 2. The SMILES string of the molecule is CC(C)(C)NC(=O)c1cc(N2CCN(C(=O)c3ccco3)CC2)ncn1. The van der Waals surface area contributed by atoms with Crippen LogP contribution in [0.3, 0.4) is 0 Å². The van der Waals surface area contributed by atoms with Gasteiger partial charge in [-0.1, -0.05) is 0 Å². The van der Waals surface area contributed by atoms with Crippen LogP contribution in [0.1, 0.15) is 41.8 Å². The Kier molecular flexibility index (Phi) is 4.92. The number of nitrogens with one attached hydrogen (secondary N) is 1. The van der Waals surface area contributed by atoms with Gasteiger partial charge in [0.2, 0.25) is 0 Å². The van der Waals surface area contributed by atoms with Crippen molar-refractivity contribution >= 4 is 17.6 Å². The molecule has 8 heteroatoms. The molecule has 0 radical (unpaired) electrons. The molecule has 0 aromatic carbocycles. The number of nitrogens with zero attached hydrogens (tertiary/aromatic N) is 4. The van der Waals surface area contributed by atoms with E-state index in [2.05, 4.69) is 15.3 Å². The highest BCUT2D eigenvalue weighted by atomic mass is 16.3. The minimum atomic E-state index is -0.333. The lowest BCUT2D eigenvalue weighted by Crippen LogP contribution is -2.49. The van der Waals surface area contributed by atoms with E-state index in [1.165, 1.54) is 12.6 Å². The lowest BCUT2D eigenvalue weighted by Gasteiger charge is -2.35. The van der Waals surface area contributed by atoms with Crippen molar-refractivity contribution in [1.29, 1.82) is 0 Å². The Labute approximate surface area is 152 Å². The third-order valence-electron chi connectivity index (χ3n) is 4.00. The van der Waals surface area contributed by atoms with E-state index in [1.54, 1.807) is 23.1 Å². The maximum Gasteiger partial charge on any atom is 0.289 e. The maximum atomic E-state index is 12.3. The molecule has 138 valence electrons. The molecule has 1 fully saturated rings. The summed E-state index contributed by atoms with van der Waals surface area (Å²) in [6, 6.07) is 5.05. The molecule has 0 unspecified atom stereocenters. The minimum Gasteiger partial charge on any atom is -0.459 e. The van der Waals surface area contributed by atoms with Gasteiger partial charge in [0.15, 0.2) is 5.76 Å². The molecule has 3 rings (SSSR count). The topological polar surface area (TPSA) is 91.6 Å². The van der Waals surface area contributed by atoms with Crippen molar-refractivity contribution in [1.82, 2.24) is 20.2 Å². The quantitative estimate of drug-likeness (QED) is 0.896. The fourth-order valence-corrected chi connectivity index (χ4v) is 2.74. The smallest absolute Gasteiger partial charge is 0.289 e. The van der Waals surface area contributed by atoms with E-state index < -0.39 is 0 Å². The molecule has 0 saturated carbocycles. The van der Waals surface area contributed by atoms with Crippen molar-refractivity contribution in [2.75, 3.05) is 31.1 Å². The van der Waals surface area contributed by atoms with Crippen LogP contribution >= 0.6 is 0 Å². The van der Waals surface area contributed by atoms with Gasteiger partial charge < -0.3 is 19.5 Å². The number of furan rings is 1. The van der Waals surface area contributed by atoms with Gasteiger partial charge in [0.1, 0.15) is 17.8 Å². The first-order valence-corrected chi connectivity index (χ1v) is 8.56. The van der Waals surface area contributed by atoms with Crippen molar-refractivity contribution in [3.05, 3.63) is 42.2 Å². The molecule has 1 N–H and O–H groups in total. The maximum absolute atomic E-state index is 12.3. The van der Waals surface area contributed by atoms with Gasteiger partial charge in [0, 0.05) is 37.8 Å². The fraction of sp³-hybridized carbons (Fsp3) is 0.444. The standard InChI is InChI=1S/C18H23N5O3/c1-18(2,3)21-16(24)13-11-15(20-12-19-13)22-6-8-23(9-7-22)17(25)14-5-4-10-26-14/h4-5,10-12H,6-9H2,1-3H3,(H,21,24). The van der Waals surface area contributed by atoms with Crippen molar-refractivity contribution in [3.63, 3.8) is 0 Å². The molecule has 8 nitrogen and oxygen atoms in total.